The van der Waals surface area contributed by atoms with Crippen LogP contribution in [-0.2, 0) is 16.1 Å². The van der Waals surface area contributed by atoms with Crippen molar-refractivity contribution in [3.8, 4) is 0 Å². The molecule has 3 heterocycles. The zero-order valence-electron chi connectivity index (χ0n) is 19.8. The number of nitrogens with one attached hydrogen (secondary N) is 2. The highest BCUT2D eigenvalue weighted by Gasteiger charge is 2.30. The lowest BCUT2D eigenvalue weighted by Gasteiger charge is -2.23. The summed E-state index contributed by atoms with van der Waals surface area (Å²) in [5.41, 5.74) is 2.92. The van der Waals surface area contributed by atoms with Gasteiger partial charge in [-0.05, 0) is 50.2 Å². The molecule has 0 radical (unpaired) electrons. The molecule has 0 unspecified atom stereocenters. The van der Waals surface area contributed by atoms with Crippen LogP contribution in [0.3, 0.4) is 0 Å². The summed E-state index contributed by atoms with van der Waals surface area (Å²) < 4.78 is 0. The van der Waals surface area contributed by atoms with E-state index in [9.17, 15) is 9.59 Å². The van der Waals surface area contributed by atoms with E-state index in [2.05, 4.69) is 25.5 Å². The van der Waals surface area contributed by atoms with E-state index < -0.39 is 0 Å². The number of hydrogen-bond acceptors (Lipinski definition) is 7. The molecule has 0 fully saturated rings. The van der Waals surface area contributed by atoms with Crippen molar-refractivity contribution in [2.24, 2.45) is 0 Å². The number of carbonyl (C=O) groups is 2. The van der Waals surface area contributed by atoms with Crippen LogP contribution < -0.4 is 15.5 Å². The highest BCUT2D eigenvalue weighted by molar-refractivity contribution is 6.32. The number of hydrogen-bond donors (Lipinski definition) is 2. The van der Waals surface area contributed by atoms with Gasteiger partial charge in [-0.2, -0.15) is 0 Å². The summed E-state index contributed by atoms with van der Waals surface area (Å²) in [6, 6.07) is 5.70. The number of nitrogens with zero attached hydrogens (tertiary/aromatic N) is 5. The molecule has 4 rings (SSSR count). The van der Waals surface area contributed by atoms with E-state index in [1.165, 1.54) is 6.33 Å². The number of benzene rings is 1. The van der Waals surface area contributed by atoms with Crippen LogP contribution in [0, 0.1) is 0 Å². The average molecular weight is 484 g/mol. The molecule has 2 aromatic rings. The smallest absolute Gasteiger partial charge is 0.259 e. The Morgan fingerprint density at radius 2 is 1.79 bits per heavy atom. The summed E-state index contributed by atoms with van der Waals surface area (Å²) >= 11 is 6.45. The first-order valence-corrected chi connectivity index (χ1v) is 11.8. The molecule has 2 bridgehead atoms. The zero-order chi connectivity index (χ0) is 24.2. The van der Waals surface area contributed by atoms with Crippen molar-refractivity contribution >= 4 is 46.3 Å². The minimum absolute atomic E-state index is 0.140. The molecule has 10 heteroatoms. The van der Waals surface area contributed by atoms with E-state index in [4.69, 9.17) is 11.6 Å². The lowest BCUT2D eigenvalue weighted by Crippen LogP contribution is -2.31. The molecular weight excluding hydrogens is 454 g/mol. The largest absolute Gasteiger partial charge is 0.361 e. The van der Waals surface area contributed by atoms with E-state index in [0.717, 1.165) is 30.6 Å². The fraction of sp³-hybridized carbons (Fsp3) is 0.417. The Hall–Kier alpha value is -3.17. The summed E-state index contributed by atoms with van der Waals surface area (Å²) in [7, 11) is 5.80. The molecule has 0 saturated carbocycles. The first kappa shape index (κ1) is 24.0. The van der Waals surface area contributed by atoms with Crippen LogP contribution in [0.2, 0.25) is 5.02 Å². The predicted molar refractivity (Wildman–Crippen MR) is 135 cm³/mol. The van der Waals surface area contributed by atoms with Gasteiger partial charge in [-0.3, -0.25) is 9.59 Å². The van der Waals surface area contributed by atoms with E-state index in [1.54, 1.807) is 11.1 Å². The van der Waals surface area contributed by atoms with E-state index in [1.807, 2.05) is 44.2 Å². The number of aromatic nitrogens is 2. The van der Waals surface area contributed by atoms with Crippen molar-refractivity contribution in [2.45, 2.75) is 25.8 Å². The highest BCUT2D eigenvalue weighted by Crippen LogP contribution is 2.36. The maximum absolute atomic E-state index is 12.7. The Morgan fingerprint density at radius 1 is 1.00 bits per heavy atom. The normalized spacial score (nSPS) is 19.8. The monoisotopic (exact) mass is 483 g/mol. The van der Waals surface area contributed by atoms with Gasteiger partial charge in [0.05, 0.1) is 11.1 Å². The van der Waals surface area contributed by atoms with Crippen molar-refractivity contribution in [3.63, 3.8) is 0 Å². The van der Waals surface area contributed by atoms with Gasteiger partial charge in [-0.1, -0.05) is 11.6 Å². The molecule has 34 heavy (non-hydrogen) atoms. The Bertz CT molecular complexity index is 1120. The highest BCUT2D eigenvalue weighted by atomic mass is 35.5. The minimum atomic E-state index is -0.234. The molecule has 2 amide bonds. The van der Waals surface area contributed by atoms with E-state index in [-0.39, 0.29) is 11.8 Å². The van der Waals surface area contributed by atoms with Crippen molar-refractivity contribution in [3.05, 3.63) is 46.9 Å². The van der Waals surface area contributed by atoms with Gasteiger partial charge >= 0.3 is 0 Å². The standard InChI is InChI=1S/C24H30ClN7O2/c1-30-9-4-6-20(33)31(2)10-5-11-32(3)23-21-18(24(34)29-22(21)27-15-28-23)13-26-17-7-8-19(25)16(12-17)14-30/h7-8,12-13,15,26H,4-6,9-11,14H2,1-3H3,(H,27,28,29,34)/b18-13-. The molecule has 0 aliphatic carbocycles. The molecular formula is C24H30ClN7O2. The third-order valence-corrected chi connectivity index (χ3v) is 6.52. The summed E-state index contributed by atoms with van der Waals surface area (Å²) in [6.45, 7) is 2.77. The lowest BCUT2D eigenvalue weighted by molar-refractivity contribution is -0.130. The maximum Gasteiger partial charge on any atom is 0.259 e. The topological polar surface area (TPSA) is 93.7 Å². The molecule has 2 N–H and O–H groups in total. The molecule has 0 spiro atoms. The second-order valence-electron chi connectivity index (χ2n) is 8.82. The predicted octanol–water partition coefficient (Wildman–Crippen LogP) is 3.05. The first-order valence-electron chi connectivity index (χ1n) is 11.4. The Morgan fingerprint density at radius 3 is 2.62 bits per heavy atom. The second kappa shape index (κ2) is 10.4. The van der Waals surface area contributed by atoms with Gasteiger partial charge in [0.25, 0.3) is 5.91 Å². The fourth-order valence-corrected chi connectivity index (χ4v) is 4.39. The lowest BCUT2D eigenvalue weighted by atomic mass is 10.1. The summed E-state index contributed by atoms with van der Waals surface area (Å²) in [5, 5.41) is 6.75. The van der Waals surface area contributed by atoms with Crippen LogP contribution in [0.15, 0.2) is 30.7 Å². The van der Waals surface area contributed by atoms with Gasteiger partial charge in [0.2, 0.25) is 5.91 Å². The maximum atomic E-state index is 12.7. The molecule has 9 nitrogen and oxygen atoms in total. The van der Waals surface area contributed by atoms with Gasteiger partial charge in [-0.25, -0.2) is 9.97 Å². The van der Waals surface area contributed by atoms with Gasteiger partial charge in [0, 0.05) is 57.1 Å². The third-order valence-electron chi connectivity index (χ3n) is 6.15. The summed E-state index contributed by atoms with van der Waals surface area (Å²) in [4.78, 5) is 39.9. The third kappa shape index (κ3) is 5.31. The number of carbonyl (C=O) groups excluding carboxylic acids is 2. The molecule has 2 aliphatic heterocycles. The van der Waals surface area contributed by atoms with Crippen LogP contribution in [0.5, 0.6) is 0 Å². The molecule has 0 atom stereocenters. The van der Waals surface area contributed by atoms with Crippen molar-refractivity contribution in [1.29, 1.82) is 0 Å². The van der Waals surface area contributed by atoms with Gasteiger partial charge in [0.1, 0.15) is 18.0 Å². The minimum Gasteiger partial charge on any atom is -0.361 e. The van der Waals surface area contributed by atoms with Gasteiger partial charge in [0.15, 0.2) is 0 Å². The summed E-state index contributed by atoms with van der Waals surface area (Å²) in [6.07, 6.45) is 5.21. The summed E-state index contributed by atoms with van der Waals surface area (Å²) in [5.74, 6) is 1.07. The number of amides is 2. The number of halogens is 1. The van der Waals surface area contributed by atoms with Crippen LogP contribution in [-0.4, -0.2) is 72.4 Å². The van der Waals surface area contributed by atoms with E-state index in [0.29, 0.717) is 53.9 Å². The Labute approximate surface area is 204 Å². The zero-order valence-corrected chi connectivity index (χ0v) is 20.5. The van der Waals surface area contributed by atoms with Crippen LogP contribution in [0.25, 0.3) is 5.57 Å². The molecule has 0 saturated heterocycles. The van der Waals surface area contributed by atoms with Crippen LogP contribution in [0.4, 0.5) is 17.3 Å². The molecule has 1 aromatic carbocycles. The SMILES string of the molecule is CN1CCCC(=O)N(C)CCCN(C)c2ncnc3c2/C(=C/Nc2ccc(Cl)c(c2)C1)C(=O)N3. The van der Waals surface area contributed by atoms with Crippen molar-refractivity contribution in [2.75, 3.05) is 56.3 Å². The molecule has 1 aromatic heterocycles. The average Bonchev–Trinajstić information content (AvgIpc) is 3.13. The first-order chi connectivity index (χ1) is 16.3. The second-order valence-corrected chi connectivity index (χ2v) is 9.22. The molecule has 180 valence electrons. The number of anilines is 3. The van der Waals surface area contributed by atoms with Crippen molar-refractivity contribution < 1.29 is 9.59 Å². The van der Waals surface area contributed by atoms with E-state index >= 15 is 0 Å². The van der Waals surface area contributed by atoms with Crippen LogP contribution >= 0.6 is 11.6 Å². The number of fused-ring (bicyclic) bond motifs is 2. The Balaban J connectivity index is 1.68. The molecule has 2 aliphatic rings. The van der Waals surface area contributed by atoms with Gasteiger partial charge < -0.3 is 25.3 Å². The van der Waals surface area contributed by atoms with Crippen molar-refractivity contribution in [1.82, 2.24) is 19.8 Å². The Kier molecular flexibility index (Phi) is 7.33. The quantitative estimate of drug-likeness (QED) is 0.594. The van der Waals surface area contributed by atoms with Crippen LogP contribution in [0.1, 0.15) is 30.4 Å². The fourth-order valence-electron chi connectivity index (χ4n) is 4.21. The number of rotatable bonds is 0. The van der Waals surface area contributed by atoms with Gasteiger partial charge in [-0.15, -0.1) is 0 Å².